The fourth-order valence-corrected chi connectivity index (χ4v) is 3.76. The Morgan fingerprint density at radius 2 is 1.69 bits per heavy atom. The number of nitrogens with zero attached hydrogens (tertiary/aromatic N) is 4. The van der Waals surface area contributed by atoms with Gasteiger partial charge in [-0.1, -0.05) is 42.1 Å². The van der Waals surface area contributed by atoms with Gasteiger partial charge in [-0.05, 0) is 36.4 Å². The molecule has 0 radical (unpaired) electrons. The first kappa shape index (κ1) is 21.1. The summed E-state index contributed by atoms with van der Waals surface area (Å²) in [7, 11) is 0. The number of aromatic nitrogens is 3. The first-order chi connectivity index (χ1) is 15.5. The molecule has 160 valence electrons. The number of thioether (sulfide) groups is 1. The molecule has 0 unspecified atom stereocenters. The lowest BCUT2D eigenvalue weighted by atomic mass is 10.2. The van der Waals surface area contributed by atoms with Crippen molar-refractivity contribution in [3.63, 3.8) is 0 Å². The van der Waals surface area contributed by atoms with E-state index < -0.39 is 4.92 Å². The van der Waals surface area contributed by atoms with Gasteiger partial charge in [0.05, 0.1) is 16.2 Å². The first-order valence-corrected chi connectivity index (χ1v) is 10.5. The van der Waals surface area contributed by atoms with Crippen LogP contribution in [0.25, 0.3) is 17.1 Å². The Bertz CT molecular complexity index is 1260. The van der Waals surface area contributed by atoms with Crippen molar-refractivity contribution in [3.8, 4) is 22.8 Å². The van der Waals surface area contributed by atoms with Gasteiger partial charge >= 0.3 is 0 Å². The number of anilines is 1. The summed E-state index contributed by atoms with van der Waals surface area (Å²) < 4.78 is 1.78. The Hall–Kier alpha value is -4.18. The van der Waals surface area contributed by atoms with Crippen LogP contribution in [0, 0.1) is 10.1 Å². The molecule has 0 fully saturated rings. The number of nitro benzene ring substituents is 1. The summed E-state index contributed by atoms with van der Waals surface area (Å²) >= 11 is 1.19. The zero-order chi connectivity index (χ0) is 22.5. The van der Waals surface area contributed by atoms with Crippen molar-refractivity contribution in [3.05, 3.63) is 89.0 Å². The van der Waals surface area contributed by atoms with E-state index in [4.69, 9.17) is 0 Å². The number of carbonyl (C=O) groups is 1. The number of phenolic OH excluding ortho intramolecular Hbond substituents is 1. The number of hydrogen-bond acceptors (Lipinski definition) is 7. The van der Waals surface area contributed by atoms with Gasteiger partial charge in [-0.3, -0.25) is 19.5 Å². The topological polar surface area (TPSA) is 123 Å². The molecule has 0 saturated heterocycles. The molecule has 10 heteroatoms. The molecule has 0 bridgehead atoms. The Labute approximate surface area is 186 Å². The Morgan fingerprint density at radius 3 is 2.38 bits per heavy atom. The van der Waals surface area contributed by atoms with Gasteiger partial charge in [-0.2, -0.15) is 0 Å². The molecule has 1 heterocycles. The second-order valence-corrected chi connectivity index (χ2v) is 7.58. The number of rotatable bonds is 7. The van der Waals surface area contributed by atoms with E-state index >= 15 is 0 Å². The number of benzene rings is 3. The summed E-state index contributed by atoms with van der Waals surface area (Å²) in [4.78, 5) is 22.7. The molecular weight excluding hydrogens is 430 g/mol. The predicted octanol–water partition coefficient (Wildman–Crippen LogP) is 4.28. The van der Waals surface area contributed by atoms with E-state index in [0.29, 0.717) is 22.2 Å². The van der Waals surface area contributed by atoms with Gasteiger partial charge in [0.2, 0.25) is 5.91 Å². The molecule has 4 aromatic rings. The summed E-state index contributed by atoms with van der Waals surface area (Å²) in [6.45, 7) is 0. The predicted molar refractivity (Wildman–Crippen MR) is 121 cm³/mol. The van der Waals surface area contributed by atoms with E-state index in [2.05, 4.69) is 15.5 Å². The minimum Gasteiger partial charge on any atom is -0.507 e. The minimum absolute atomic E-state index is 0.0444. The van der Waals surface area contributed by atoms with Crippen LogP contribution in [0.5, 0.6) is 5.75 Å². The molecule has 0 atom stereocenters. The monoisotopic (exact) mass is 447 g/mol. The minimum atomic E-state index is -0.500. The SMILES string of the molecule is O=C(CSc1nnc(-c2ccccc2O)n1-c1ccccc1)Nc1ccc([N+](=O)[O-])cc1. The molecule has 4 rings (SSSR count). The lowest BCUT2D eigenvalue weighted by Crippen LogP contribution is -2.14. The number of para-hydroxylation sites is 2. The van der Waals surface area contributed by atoms with Crippen LogP contribution >= 0.6 is 11.8 Å². The molecule has 32 heavy (non-hydrogen) atoms. The standard InChI is InChI=1S/C22H17N5O4S/c28-19-9-5-4-8-18(19)21-24-25-22(26(21)16-6-2-1-3-7-16)32-14-20(29)23-15-10-12-17(13-11-15)27(30)31/h1-13,28H,14H2,(H,23,29). The molecule has 2 N–H and O–H groups in total. The maximum absolute atomic E-state index is 12.4. The van der Waals surface area contributed by atoms with Crippen molar-refractivity contribution in [1.29, 1.82) is 0 Å². The number of aromatic hydroxyl groups is 1. The average molecular weight is 447 g/mol. The maximum Gasteiger partial charge on any atom is 0.269 e. The summed E-state index contributed by atoms with van der Waals surface area (Å²) in [5.41, 5.74) is 1.71. The molecule has 1 amide bonds. The fourth-order valence-electron chi connectivity index (χ4n) is 3.00. The Balaban J connectivity index is 1.55. The lowest BCUT2D eigenvalue weighted by molar-refractivity contribution is -0.384. The number of nitro groups is 1. The fraction of sp³-hybridized carbons (Fsp3) is 0.0455. The van der Waals surface area contributed by atoms with Crippen molar-refractivity contribution >= 4 is 29.0 Å². The molecule has 0 spiro atoms. The summed E-state index contributed by atoms with van der Waals surface area (Å²) in [5, 5.41) is 32.7. The van der Waals surface area contributed by atoms with E-state index in [0.717, 1.165) is 5.69 Å². The molecule has 1 aromatic heterocycles. The summed E-state index contributed by atoms with van der Waals surface area (Å²) in [5.74, 6) is 0.274. The molecule has 0 aliphatic rings. The van der Waals surface area contributed by atoms with Crippen LogP contribution in [0.4, 0.5) is 11.4 Å². The first-order valence-electron chi connectivity index (χ1n) is 9.49. The van der Waals surface area contributed by atoms with Crippen LogP contribution in [-0.4, -0.2) is 36.5 Å². The molecule has 0 saturated carbocycles. The van der Waals surface area contributed by atoms with Crippen LogP contribution in [0.1, 0.15) is 0 Å². The maximum atomic E-state index is 12.4. The van der Waals surface area contributed by atoms with Crippen LogP contribution < -0.4 is 5.32 Å². The zero-order valence-corrected chi connectivity index (χ0v) is 17.4. The third-order valence-corrected chi connectivity index (χ3v) is 5.42. The number of hydrogen-bond donors (Lipinski definition) is 2. The van der Waals surface area contributed by atoms with Crippen LogP contribution in [0.2, 0.25) is 0 Å². The molecular formula is C22H17N5O4S. The number of nitrogens with one attached hydrogen (secondary N) is 1. The smallest absolute Gasteiger partial charge is 0.269 e. The van der Waals surface area contributed by atoms with Crippen molar-refractivity contribution in [2.24, 2.45) is 0 Å². The number of non-ortho nitro benzene ring substituents is 1. The summed E-state index contributed by atoms with van der Waals surface area (Å²) in [6, 6.07) is 21.8. The van der Waals surface area contributed by atoms with Crippen LogP contribution in [0.3, 0.4) is 0 Å². The highest BCUT2D eigenvalue weighted by atomic mass is 32.2. The normalized spacial score (nSPS) is 10.6. The second kappa shape index (κ2) is 9.31. The largest absolute Gasteiger partial charge is 0.507 e. The number of phenols is 1. The highest BCUT2D eigenvalue weighted by Crippen LogP contribution is 2.32. The van der Waals surface area contributed by atoms with E-state index in [1.54, 1.807) is 28.8 Å². The van der Waals surface area contributed by atoms with Crippen LogP contribution in [0.15, 0.2) is 84.0 Å². The van der Waals surface area contributed by atoms with E-state index in [1.807, 2.05) is 30.3 Å². The highest BCUT2D eigenvalue weighted by molar-refractivity contribution is 7.99. The zero-order valence-electron chi connectivity index (χ0n) is 16.6. The third kappa shape index (κ3) is 4.60. The van der Waals surface area contributed by atoms with E-state index in [1.165, 1.54) is 36.0 Å². The van der Waals surface area contributed by atoms with E-state index in [9.17, 15) is 20.0 Å². The average Bonchev–Trinajstić information content (AvgIpc) is 3.22. The molecule has 3 aromatic carbocycles. The molecule has 0 aliphatic carbocycles. The number of amides is 1. The molecule has 0 aliphatic heterocycles. The third-order valence-electron chi connectivity index (χ3n) is 4.49. The van der Waals surface area contributed by atoms with Gasteiger partial charge in [0.1, 0.15) is 5.75 Å². The van der Waals surface area contributed by atoms with Gasteiger partial charge in [-0.25, -0.2) is 0 Å². The van der Waals surface area contributed by atoms with Crippen molar-refractivity contribution in [1.82, 2.24) is 14.8 Å². The van der Waals surface area contributed by atoms with Gasteiger partial charge in [0, 0.05) is 23.5 Å². The highest BCUT2D eigenvalue weighted by Gasteiger charge is 2.19. The quantitative estimate of drug-likeness (QED) is 0.246. The lowest BCUT2D eigenvalue weighted by Gasteiger charge is -2.11. The second-order valence-electron chi connectivity index (χ2n) is 6.64. The van der Waals surface area contributed by atoms with Crippen LogP contribution in [-0.2, 0) is 4.79 Å². The molecule has 9 nitrogen and oxygen atoms in total. The van der Waals surface area contributed by atoms with Crippen molar-refractivity contribution < 1.29 is 14.8 Å². The van der Waals surface area contributed by atoms with Crippen molar-refractivity contribution in [2.45, 2.75) is 5.16 Å². The Kier molecular flexibility index (Phi) is 6.13. The van der Waals surface area contributed by atoms with Gasteiger partial charge < -0.3 is 10.4 Å². The van der Waals surface area contributed by atoms with Gasteiger partial charge in [0.25, 0.3) is 5.69 Å². The number of carbonyl (C=O) groups excluding carboxylic acids is 1. The van der Waals surface area contributed by atoms with Gasteiger partial charge in [0.15, 0.2) is 11.0 Å². The summed E-state index contributed by atoms with van der Waals surface area (Å²) in [6.07, 6.45) is 0. The van der Waals surface area contributed by atoms with Gasteiger partial charge in [-0.15, -0.1) is 10.2 Å². The van der Waals surface area contributed by atoms with E-state index in [-0.39, 0.29) is 23.1 Å². The Morgan fingerprint density at radius 1 is 1.00 bits per heavy atom. The van der Waals surface area contributed by atoms with Crippen molar-refractivity contribution in [2.75, 3.05) is 11.1 Å².